The van der Waals surface area contributed by atoms with Crippen LogP contribution in [0.25, 0.3) is 0 Å². The van der Waals surface area contributed by atoms with Gasteiger partial charge in [0.05, 0.1) is 26.4 Å². The van der Waals surface area contributed by atoms with Gasteiger partial charge in [0.25, 0.3) is 0 Å². The van der Waals surface area contributed by atoms with Crippen LogP contribution in [0.5, 0.6) is 0 Å². The Bertz CT molecular complexity index is 1580. The van der Waals surface area contributed by atoms with E-state index in [0.29, 0.717) is 13.0 Å². The maximum atomic E-state index is 13.1. The van der Waals surface area contributed by atoms with Crippen molar-refractivity contribution < 1.29 is 69.0 Å². The Hall–Kier alpha value is -2.83. The summed E-state index contributed by atoms with van der Waals surface area (Å²) in [5.74, 6) is -0.391. The topological polar surface area (TPSA) is 214 Å². The van der Waals surface area contributed by atoms with Crippen LogP contribution < -0.4 is 0 Å². The molecule has 14 heteroatoms. The van der Waals surface area contributed by atoms with Gasteiger partial charge in [-0.1, -0.05) is 189 Å². The minimum absolute atomic E-state index is 0.0484. The summed E-state index contributed by atoms with van der Waals surface area (Å²) in [5.41, 5.74) is 0. The molecule has 0 aromatic heterocycles. The molecule has 0 spiro atoms. The Morgan fingerprint density at radius 2 is 0.855 bits per heavy atom. The van der Waals surface area contributed by atoms with E-state index >= 15 is 0 Å². The number of aliphatic hydroxyl groups excluding tert-OH is 7. The van der Waals surface area contributed by atoms with Crippen molar-refractivity contribution in [1.82, 2.24) is 0 Å². The fourth-order valence-corrected chi connectivity index (χ4v) is 8.87. The number of carbonyl (C=O) groups is 1. The van der Waals surface area contributed by atoms with Gasteiger partial charge in [-0.3, -0.25) is 4.79 Å². The van der Waals surface area contributed by atoms with Gasteiger partial charge in [0.1, 0.15) is 54.9 Å². The first kappa shape index (κ1) is 69.3. The summed E-state index contributed by atoms with van der Waals surface area (Å²) in [4.78, 5) is 13.1. The summed E-state index contributed by atoms with van der Waals surface area (Å²) in [6.45, 7) is 3.53. The lowest BCUT2D eigenvalue weighted by atomic mass is 9.98. The van der Waals surface area contributed by atoms with Gasteiger partial charge in [0, 0.05) is 13.0 Å². The van der Waals surface area contributed by atoms with Gasteiger partial charge in [0.2, 0.25) is 0 Å². The first-order valence-corrected chi connectivity index (χ1v) is 29.7. The molecular formula is C62H106O14. The van der Waals surface area contributed by atoms with E-state index in [2.05, 4.69) is 98.9 Å². The molecule has 2 saturated heterocycles. The first-order valence-electron chi connectivity index (χ1n) is 29.7. The molecule has 2 heterocycles. The zero-order chi connectivity index (χ0) is 55.1. The molecule has 0 aromatic carbocycles. The minimum Gasteiger partial charge on any atom is -0.457 e. The number of carbonyl (C=O) groups excluding carboxylic acids is 1. The molecule has 11 unspecified atom stereocenters. The Labute approximate surface area is 459 Å². The summed E-state index contributed by atoms with van der Waals surface area (Å²) in [7, 11) is 0. The number of hydrogen-bond donors (Lipinski definition) is 7. The van der Waals surface area contributed by atoms with E-state index in [0.717, 1.165) is 103 Å². The zero-order valence-electron chi connectivity index (χ0n) is 47.0. The highest BCUT2D eigenvalue weighted by Crippen LogP contribution is 2.26. The number of unbranched alkanes of at least 4 members (excludes halogenated alkanes) is 19. The Balaban J connectivity index is 1.72. The largest absolute Gasteiger partial charge is 0.457 e. The van der Waals surface area contributed by atoms with E-state index in [-0.39, 0.29) is 19.6 Å². The molecule has 0 radical (unpaired) electrons. The van der Waals surface area contributed by atoms with Crippen LogP contribution in [-0.2, 0) is 33.2 Å². The van der Waals surface area contributed by atoms with Crippen molar-refractivity contribution in [2.45, 2.75) is 268 Å². The molecule has 2 aliphatic rings. The zero-order valence-corrected chi connectivity index (χ0v) is 47.0. The highest BCUT2D eigenvalue weighted by Gasteiger charge is 2.47. The predicted molar refractivity (Wildman–Crippen MR) is 302 cm³/mol. The van der Waals surface area contributed by atoms with Gasteiger partial charge < -0.3 is 64.2 Å². The van der Waals surface area contributed by atoms with Crippen LogP contribution in [0.1, 0.15) is 200 Å². The maximum Gasteiger partial charge on any atom is 0.306 e. The van der Waals surface area contributed by atoms with Gasteiger partial charge in [0.15, 0.2) is 12.6 Å². The minimum atomic E-state index is -1.72. The number of esters is 1. The molecule has 0 bridgehead atoms. The van der Waals surface area contributed by atoms with Gasteiger partial charge in [-0.2, -0.15) is 0 Å². The van der Waals surface area contributed by atoms with E-state index < -0.39 is 86.7 Å². The molecular weight excluding hydrogens is 969 g/mol. The van der Waals surface area contributed by atoms with E-state index in [1.54, 1.807) is 0 Å². The van der Waals surface area contributed by atoms with Gasteiger partial charge in [-0.05, 0) is 89.9 Å². The Morgan fingerprint density at radius 1 is 0.447 bits per heavy atom. The van der Waals surface area contributed by atoms with Crippen LogP contribution in [0.2, 0.25) is 0 Å². The first-order chi connectivity index (χ1) is 37.1. The monoisotopic (exact) mass is 1070 g/mol. The lowest BCUT2D eigenvalue weighted by Crippen LogP contribution is -2.61. The Kier molecular flexibility index (Phi) is 43.9. The molecule has 11 atom stereocenters. The van der Waals surface area contributed by atoms with Crippen LogP contribution in [0, 0.1) is 0 Å². The molecule has 0 aliphatic carbocycles. The molecule has 0 aromatic rings. The molecule has 7 N–H and O–H groups in total. The van der Waals surface area contributed by atoms with Gasteiger partial charge in [-0.15, -0.1) is 0 Å². The fraction of sp³-hybridized carbons (Fsp3) is 0.758. The van der Waals surface area contributed by atoms with Crippen LogP contribution in [0.15, 0.2) is 85.1 Å². The quantitative estimate of drug-likeness (QED) is 0.0172. The van der Waals surface area contributed by atoms with Gasteiger partial charge >= 0.3 is 5.97 Å². The summed E-state index contributed by atoms with van der Waals surface area (Å²) in [6, 6.07) is 0. The van der Waals surface area contributed by atoms with Crippen molar-refractivity contribution in [3.63, 3.8) is 0 Å². The van der Waals surface area contributed by atoms with E-state index in [1.165, 1.54) is 70.6 Å². The second kappa shape index (κ2) is 48.1. The fourth-order valence-electron chi connectivity index (χ4n) is 8.87. The van der Waals surface area contributed by atoms with Crippen molar-refractivity contribution >= 4 is 5.97 Å². The average molecular weight is 1080 g/mol. The van der Waals surface area contributed by atoms with Crippen molar-refractivity contribution in [1.29, 1.82) is 0 Å². The third kappa shape index (κ3) is 34.2. The van der Waals surface area contributed by atoms with E-state index in [4.69, 9.17) is 28.4 Å². The molecule has 2 fully saturated rings. The molecule has 76 heavy (non-hydrogen) atoms. The lowest BCUT2D eigenvalue weighted by molar-refractivity contribution is -0.332. The summed E-state index contributed by atoms with van der Waals surface area (Å²) in [5, 5.41) is 72.4. The van der Waals surface area contributed by atoms with E-state index in [1.807, 2.05) is 0 Å². The van der Waals surface area contributed by atoms with Crippen molar-refractivity contribution in [3.05, 3.63) is 85.1 Å². The predicted octanol–water partition coefficient (Wildman–Crippen LogP) is 10.8. The highest BCUT2D eigenvalue weighted by atomic mass is 16.7. The maximum absolute atomic E-state index is 13.1. The number of aliphatic hydroxyl groups is 7. The molecule has 14 nitrogen and oxygen atoms in total. The number of hydrogen-bond acceptors (Lipinski definition) is 14. The second-order valence-corrected chi connectivity index (χ2v) is 20.4. The van der Waals surface area contributed by atoms with Crippen LogP contribution in [-0.4, -0.2) is 142 Å². The number of rotatable bonds is 47. The Morgan fingerprint density at radius 3 is 1.34 bits per heavy atom. The third-order valence-corrected chi connectivity index (χ3v) is 13.6. The van der Waals surface area contributed by atoms with Crippen molar-refractivity contribution in [3.8, 4) is 0 Å². The standard InChI is InChI=1S/C62H106O14/c1-3-5-7-9-11-13-15-17-19-21-23-24-25-26-27-29-31-33-35-37-39-41-43-45-54(64)74-51(48-71-46-44-42-40-38-36-34-32-30-28-22-20-18-16-14-12-10-8-6-4-2)49-72-61-60(70)58(68)56(66)53(76-61)50-73-62-59(69)57(67)55(65)52(47-63)75-62/h5,7,11,13-14,16-17,19-20,22-24,26-27,51-53,55-63,65-70H,3-4,6,8-10,12,15,18,21,25,28-50H2,1-2H3/b7-5-,13-11-,16-14-,19-17-,22-20-,24-23-,27-26-. The molecule has 0 amide bonds. The molecule has 2 rings (SSSR count). The number of ether oxygens (including phenoxy) is 6. The molecule has 438 valence electrons. The van der Waals surface area contributed by atoms with Crippen LogP contribution in [0.3, 0.4) is 0 Å². The molecule has 0 saturated carbocycles. The second-order valence-electron chi connectivity index (χ2n) is 20.4. The van der Waals surface area contributed by atoms with Crippen molar-refractivity contribution in [2.75, 3.05) is 33.0 Å². The lowest BCUT2D eigenvalue weighted by Gasteiger charge is -2.42. The average Bonchev–Trinajstić information content (AvgIpc) is 3.42. The van der Waals surface area contributed by atoms with E-state index in [9.17, 15) is 40.5 Å². The highest BCUT2D eigenvalue weighted by molar-refractivity contribution is 5.69. The van der Waals surface area contributed by atoms with Gasteiger partial charge in [-0.25, -0.2) is 0 Å². The van der Waals surface area contributed by atoms with Crippen molar-refractivity contribution in [2.24, 2.45) is 0 Å². The summed E-state index contributed by atoms with van der Waals surface area (Å²) in [6.07, 6.45) is 46.3. The number of allylic oxidation sites excluding steroid dienone is 14. The smallest absolute Gasteiger partial charge is 0.306 e. The summed E-state index contributed by atoms with van der Waals surface area (Å²) >= 11 is 0. The van der Waals surface area contributed by atoms with Crippen LogP contribution >= 0.6 is 0 Å². The molecule has 2 aliphatic heterocycles. The third-order valence-electron chi connectivity index (χ3n) is 13.6. The normalized spacial score (nSPS) is 25.1. The summed E-state index contributed by atoms with van der Waals surface area (Å²) < 4.78 is 34.4. The van der Waals surface area contributed by atoms with Crippen LogP contribution in [0.4, 0.5) is 0 Å². The SMILES string of the molecule is CC/C=C\C/C=C\C/C=C\C/C=C\C/C=C\CCCCCCCCCC(=O)OC(COCCCCCCCCCC/C=C\C/C=C\CCCCCC)COC1OC(COC2OC(CO)C(O)C(O)C2O)C(O)C(O)C1O.